The van der Waals surface area contributed by atoms with Gasteiger partial charge in [-0.3, -0.25) is 0 Å². The first-order valence-electron chi connectivity index (χ1n) is 4.69. The molecule has 1 aromatic carbocycles. The molecule has 0 atom stereocenters. The highest BCUT2D eigenvalue weighted by atomic mass is 16.5. The van der Waals surface area contributed by atoms with Gasteiger partial charge in [0.1, 0.15) is 12.4 Å². The molecule has 0 aliphatic carbocycles. The van der Waals surface area contributed by atoms with E-state index in [1.54, 1.807) is 7.11 Å². The molecule has 0 aromatic heterocycles. The van der Waals surface area contributed by atoms with Crippen LogP contribution >= 0.6 is 0 Å². The summed E-state index contributed by atoms with van der Waals surface area (Å²) in [6, 6.07) is 7.98. The maximum Gasteiger partial charge on any atom is 0.122 e. The normalized spacial score (nSPS) is 9.79. The first kappa shape index (κ1) is 10.8. The lowest BCUT2D eigenvalue weighted by atomic mass is 10.1. The summed E-state index contributed by atoms with van der Waals surface area (Å²) in [5.74, 6) is 0.921. The van der Waals surface area contributed by atoms with Gasteiger partial charge in [0.05, 0.1) is 6.61 Å². The second-order valence-electron chi connectivity index (χ2n) is 2.94. The molecule has 0 amide bonds. The largest absolute Gasteiger partial charge is 0.491 e. The molecule has 0 N–H and O–H groups in total. The zero-order valence-electron chi connectivity index (χ0n) is 8.53. The zero-order valence-corrected chi connectivity index (χ0v) is 8.53. The highest BCUT2D eigenvalue weighted by Crippen LogP contribution is 2.18. The van der Waals surface area contributed by atoms with Crippen molar-refractivity contribution in [1.29, 1.82) is 0 Å². The lowest BCUT2D eigenvalue weighted by Gasteiger charge is -2.09. The molecule has 0 heterocycles. The van der Waals surface area contributed by atoms with Crippen LogP contribution < -0.4 is 4.74 Å². The van der Waals surface area contributed by atoms with Crippen LogP contribution in [0.2, 0.25) is 0 Å². The summed E-state index contributed by atoms with van der Waals surface area (Å²) < 4.78 is 10.5. The standard InChI is InChI=1S/C12H16O2/c1-3-6-11-7-4-5-8-12(11)14-10-9-13-2/h3-5,7-8H,1,6,9-10H2,2H3. The molecule has 0 aliphatic rings. The average Bonchev–Trinajstić information content (AvgIpc) is 2.21. The van der Waals surface area contributed by atoms with Crippen molar-refractivity contribution in [2.24, 2.45) is 0 Å². The molecule has 0 saturated heterocycles. The van der Waals surface area contributed by atoms with Crippen LogP contribution in [0.5, 0.6) is 5.75 Å². The summed E-state index contributed by atoms with van der Waals surface area (Å²) >= 11 is 0. The molecule has 0 unspecified atom stereocenters. The summed E-state index contributed by atoms with van der Waals surface area (Å²) in [7, 11) is 1.67. The first-order valence-corrected chi connectivity index (χ1v) is 4.69. The predicted octanol–water partition coefficient (Wildman–Crippen LogP) is 2.44. The van der Waals surface area contributed by atoms with Crippen molar-refractivity contribution < 1.29 is 9.47 Å². The Morgan fingerprint density at radius 2 is 2.07 bits per heavy atom. The Labute approximate surface area is 85.2 Å². The van der Waals surface area contributed by atoms with E-state index >= 15 is 0 Å². The summed E-state index contributed by atoms with van der Waals surface area (Å²) in [5, 5.41) is 0. The van der Waals surface area contributed by atoms with E-state index in [4.69, 9.17) is 9.47 Å². The van der Waals surface area contributed by atoms with Gasteiger partial charge in [0.2, 0.25) is 0 Å². The minimum Gasteiger partial charge on any atom is -0.491 e. The number of hydrogen-bond acceptors (Lipinski definition) is 2. The molecule has 0 radical (unpaired) electrons. The molecule has 0 bridgehead atoms. The van der Waals surface area contributed by atoms with E-state index < -0.39 is 0 Å². The number of para-hydroxylation sites is 1. The van der Waals surface area contributed by atoms with Gasteiger partial charge in [-0.25, -0.2) is 0 Å². The van der Waals surface area contributed by atoms with E-state index in [2.05, 4.69) is 6.58 Å². The molecule has 1 rings (SSSR count). The van der Waals surface area contributed by atoms with E-state index in [0.29, 0.717) is 13.2 Å². The quantitative estimate of drug-likeness (QED) is 0.509. The van der Waals surface area contributed by atoms with Crippen LogP contribution in [0, 0.1) is 0 Å². The Morgan fingerprint density at radius 3 is 2.79 bits per heavy atom. The summed E-state index contributed by atoms with van der Waals surface area (Å²) in [4.78, 5) is 0. The van der Waals surface area contributed by atoms with Crippen molar-refractivity contribution in [3.8, 4) is 5.75 Å². The maximum atomic E-state index is 5.56. The molecule has 2 nitrogen and oxygen atoms in total. The lowest BCUT2D eigenvalue weighted by Crippen LogP contribution is -2.05. The first-order chi connectivity index (χ1) is 6.88. The number of hydrogen-bond donors (Lipinski definition) is 0. The molecule has 76 valence electrons. The monoisotopic (exact) mass is 192 g/mol. The van der Waals surface area contributed by atoms with E-state index in [1.807, 2.05) is 30.3 Å². The van der Waals surface area contributed by atoms with Crippen LogP contribution in [0.3, 0.4) is 0 Å². The third-order valence-electron chi connectivity index (χ3n) is 1.88. The second-order valence-corrected chi connectivity index (χ2v) is 2.94. The third-order valence-corrected chi connectivity index (χ3v) is 1.88. The van der Waals surface area contributed by atoms with Gasteiger partial charge in [0.25, 0.3) is 0 Å². The molecule has 14 heavy (non-hydrogen) atoms. The van der Waals surface area contributed by atoms with Crippen molar-refractivity contribution in [2.75, 3.05) is 20.3 Å². The Morgan fingerprint density at radius 1 is 1.29 bits per heavy atom. The van der Waals surface area contributed by atoms with Gasteiger partial charge < -0.3 is 9.47 Å². The van der Waals surface area contributed by atoms with Crippen molar-refractivity contribution >= 4 is 0 Å². The number of allylic oxidation sites excluding steroid dienone is 1. The highest BCUT2D eigenvalue weighted by molar-refractivity contribution is 5.34. The van der Waals surface area contributed by atoms with Crippen LogP contribution in [0.1, 0.15) is 5.56 Å². The molecular weight excluding hydrogens is 176 g/mol. The summed E-state index contributed by atoms with van der Waals surface area (Å²) in [6.45, 7) is 4.91. The number of methoxy groups -OCH3 is 1. The van der Waals surface area contributed by atoms with Crippen molar-refractivity contribution in [2.45, 2.75) is 6.42 Å². The van der Waals surface area contributed by atoms with Crippen LogP contribution in [-0.4, -0.2) is 20.3 Å². The van der Waals surface area contributed by atoms with Crippen LogP contribution in [0.4, 0.5) is 0 Å². The average molecular weight is 192 g/mol. The fourth-order valence-corrected chi connectivity index (χ4v) is 1.20. The predicted molar refractivity (Wildman–Crippen MR) is 57.7 cm³/mol. The van der Waals surface area contributed by atoms with E-state index in [-0.39, 0.29) is 0 Å². The highest BCUT2D eigenvalue weighted by Gasteiger charge is 1.99. The minimum absolute atomic E-state index is 0.588. The Hall–Kier alpha value is -1.28. The van der Waals surface area contributed by atoms with Crippen LogP contribution in [0.25, 0.3) is 0 Å². The fraction of sp³-hybridized carbons (Fsp3) is 0.333. The van der Waals surface area contributed by atoms with Gasteiger partial charge in [0, 0.05) is 7.11 Å². The van der Waals surface area contributed by atoms with Crippen LogP contribution in [0.15, 0.2) is 36.9 Å². The molecule has 0 spiro atoms. The van der Waals surface area contributed by atoms with Crippen molar-refractivity contribution in [1.82, 2.24) is 0 Å². The van der Waals surface area contributed by atoms with Gasteiger partial charge in [-0.1, -0.05) is 24.3 Å². The number of rotatable bonds is 6. The van der Waals surface area contributed by atoms with Gasteiger partial charge in [-0.15, -0.1) is 6.58 Å². The van der Waals surface area contributed by atoms with E-state index in [0.717, 1.165) is 12.2 Å². The van der Waals surface area contributed by atoms with Crippen LogP contribution in [-0.2, 0) is 11.2 Å². The number of benzene rings is 1. The topological polar surface area (TPSA) is 18.5 Å². The molecule has 2 heteroatoms. The summed E-state index contributed by atoms with van der Waals surface area (Å²) in [6.07, 6.45) is 2.71. The smallest absolute Gasteiger partial charge is 0.122 e. The van der Waals surface area contributed by atoms with Gasteiger partial charge in [-0.2, -0.15) is 0 Å². The minimum atomic E-state index is 0.588. The molecule has 1 aromatic rings. The lowest BCUT2D eigenvalue weighted by molar-refractivity contribution is 0.146. The second kappa shape index (κ2) is 6.22. The maximum absolute atomic E-state index is 5.56. The van der Waals surface area contributed by atoms with E-state index in [1.165, 1.54) is 5.56 Å². The molecule has 0 saturated carbocycles. The fourth-order valence-electron chi connectivity index (χ4n) is 1.20. The van der Waals surface area contributed by atoms with Gasteiger partial charge in [0.15, 0.2) is 0 Å². The Kier molecular flexibility index (Phi) is 4.79. The summed E-state index contributed by atoms with van der Waals surface area (Å²) in [5.41, 5.74) is 1.17. The SMILES string of the molecule is C=CCc1ccccc1OCCOC. The third kappa shape index (κ3) is 3.23. The van der Waals surface area contributed by atoms with Crippen molar-refractivity contribution in [3.05, 3.63) is 42.5 Å². The zero-order chi connectivity index (χ0) is 10.2. The van der Waals surface area contributed by atoms with E-state index in [9.17, 15) is 0 Å². The molecule has 0 aliphatic heterocycles. The number of ether oxygens (including phenoxy) is 2. The van der Waals surface area contributed by atoms with Gasteiger partial charge >= 0.3 is 0 Å². The Balaban J connectivity index is 2.59. The molecule has 0 fully saturated rings. The van der Waals surface area contributed by atoms with Crippen molar-refractivity contribution in [3.63, 3.8) is 0 Å². The van der Waals surface area contributed by atoms with Gasteiger partial charge in [-0.05, 0) is 18.1 Å². The Bertz CT molecular complexity index is 281. The molecular formula is C12H16O2.